The molecule has 180 valence electrons. The Morgan fingerprint density at radius 3 is 2.15 bits per heavy atom. The number of amides is 1. The number of guanidine groups is 1. The maximum absolute atomic E-state index is 12.5. The number of carboxylic acid groups (broad SMARTS) is 2. The van der Waals surface area contributed by atoms with Gasteiger partial charge < -0.3 is 36.5 Å². The van der Waals surface area contributed by atoms with E-state index >= 15 is 0 Å². The van der Waals surface area contributed by atoms with Crippen LogP contribution in [-0.2, 0) is 14.4 Å². The summed E-state index contributed by atoms with van der Waals surface area (Å²) < 4.78 is 10.2. The van der Waals surface area contributed by atoms with Gasteiger partial charge in [0.2, 0.25) is 5.91 Å². The first-order valence-electron chi connectivity index (χ1n) is 10.3. The van der Waals surface area contributed by atoms with Crippen LogP contribution in [0.3, 0.4) is 0 Å². The van der Waals surface area contributed by atoms with Crippen LogP contribution >= 0.6 is 0 Å². The normalized spacial score (nSPS) is 17.5. The van der Waals surface area contributed by atoms with Crippen molar-refractivity contribution in [3.63, 3.8) is 0 Å². The molecule has 33 heavy (non-hydrogen) atoms. The number of carbonyl (C=O) groups is 4. The number of nitrogens with two attached hydrogens (primary N) is 2. The molecule has 0 heterocycles. The van der Waals surface area contributed by atoms with E-state index in [-0.39, 0.29) is 41.4 Å². The number of rotatable bonds is 12. The van der Waals surface area contributed by atoms with Crippen LogP contribution in [-0.4, -0.2) is 66.1 Å². The molecule has 1 amide bonds. The first-order valence-corrected chi connectivity index (χ1v) is 10.3. The fourth-order valence-electron chi connectivity index (χ4n) is 3.45. The molecular formula is C21H28N4O8. The fraction of sp³-hybridized carbons (Fsp3) is 0.476. The highest BCUT2D eigenvalue weighted by molar-refractivity contribution is 6.00. The van der Waals surface area contributed by atoms with Gasteiger partial charge in [-0.15, -0.1) is 0 Å². The molecule has 0 aromatic heterocycles. The zero-order chi connectivity index (χ0) is 24.4. The van der Waals surface area contributed by atoms with E-state index in [4.69, 9.17) is 31.2 Å². The van der Waals surface area contributed by atoms with Crippen molar-refractivity contribution in [3.8, 4) is 11.5 Å². The number of carboxylic acids is 2. The standard InChI is InChI=1S/C21H28N4O8/c22-21(23)25-8-12-1-3-13(4-2-12)20(31)24-9-15(26)14-5-6-16(32-10-18(27)28)17(7-14)33-11-19(29)30/h5-7,12-13H,1-4,8-11H2,(H,24,31)(H,27,28)(H,29,30)(H4,22,23,25). The minimum Gasteiger partial charge on any atom is -0.479 e. The predicted octanol–water partition coefficient (Wildman–Crippen LogP) is -0.00790. The lowest BCUT2D eigenvalue weighted by Crippen LogP contribution is -2.36. The number of nitrogens with one attached hydrogen (secondary N) is 1. The second-order valence-electron chi connectivity index (χ2n) is 7.65. The van der Waals surface area contributed by atoms with Crippen molar-refractivity contribution < 1.29 is 38.9 Å². The van der Waals surface area contributed by atoms with Gasteiger partial charge in [-0.25, -0.2) is 9.59 Å². The summed E-state index contributed by atoms with van der Waals surface area (Å²) in [7, 11) is 0. The van der Waals surface area contributed by atoms with Crippen LogP contribution in [0.25, 0.3) is 0 Å². The van der Waals surface area contributed by atoms with Gasteiger partial charge in [-0.3, -0.25) is 14.6 Å². The van der Waals surface area contributed by atoms with Crippen LogP contribution in [0.15, 0.2) is 23.2 Å². The fourth-order valence-corrected chi connectivity index (χ4v) is 3.45. The molecule has 1 aliphatic carbocycles. The largest absolute Gasteiger partial charge is 0.479 e. The lowest BCUT2D eigenvalue weighted by atomic mass is 9.81. The van der Waals surface area contributed by atoms with Gasteiger partial charge in [0, 0.05) is 18.0 Å². The summed E-state index contributed by atoms with van der Waals surface area (Å²) >= 11 is 0. The molecule has 12 heteroatoms. The van der Waals surface area contributed by atoms with Gasteiger partial charge >= 0.3 is 11.9 Å². The van der Waals surface area contributed by atoms with Gasteiger partial charge in [0.15, 0.2) is 36.5 Å². The molecule has 0 aliphatic heterocycles. The van der Waals surface area contributed by atoms with E-state index in [9.17, 15) is 19.2 Å². The van der Waals surface area contributed by atoms with E-state index in [1.807, 2.05) is 0 Å². The zero-order valence-electron chi connectivity index (χ0n) is 18.0. The third-order valence-electron chi connectivity index (χ3n) is 5.14. The second kappa shape index (κ2) is 12.3. The predicted molar refractivity (Wildman–Crippen MR) is 116 cm³/mol. The van der Waals surface area contributed by atoms with Gasteiger partial charge in [-0.1, -0.05) is 0 Å². The molecule has 0 atom stereocenters. The minimum absolute atomic E-state index is 0.0169. The first-order chi connectivity index (χ1) is 15.7. The summed E-state index contributed by atoms with van der Waals surface area (Å²) in [5, 5.41) is 20.2. The van der Waals surface area contributed by atoms with Crippen LogP contribution < -0.4 is 26.3 Å². The van der Waals surface area contributed by atoms with Crippen molar-refractivity contribution in [2.45, 2.75) is 25.7 Å². The van der Waals surface area contributed by atoms with Crippen LogP contribution in [0.5, 0.6) is 11.5 Å². The molecule has 0 radical (unpaired) electrons. The highest BCUT2D eigenvalue weighted by Crippen LogP contribution is 2.30. The highest BCUT2D eigenvalue weighted by atomic mass is 16.5. The van der Waals surface area contributed by atoms with Gasteiger partial charge in [0.05, 0.1) is 6.54 Å². The van der Waals surface area contributed by atoms with Crippen molar-refractivity contribution in [1.82, 2.24) is 5.32 Å². The van der Waals surface area contributed by atoms with Gasteiger partial charge in [-0.2, -0.15) is 0 Å². The lowest BCUT2D eigenvalue weighted by molar-refractivity contribution is -0.140. The Morgan fingerprint density at radius 1 is 0.970 bits per heavy atom. The summed E-state index contributed by atoms with van der Waals surface area (Å²) in [6.45, 7) is -1.08. The average Bonchev–Trinajstić information content (AvgIpc) is 2.78. The molecular weight excluding hydrogens is 436 g/mol. The molecule has 1 aliphatic rings. The first kappa shape index (κ1) is 25.4. The Bertz CT molecular complexity index is 906. The summed E-state index contributed by atoms with van der Waals surface area (Å²) in [6, 6.07) is 3.95. The second-order valence-corrected chi connectivity index (χ2v) is 7.65. The number of aliphatic imine (C=N–C) groups is 1. The van der Waals surface area contributed by atoms with Crippen LogP contribution in [0.2, 0.25) is 0 Å². The SMILES string of the molecule is NC(N)=NCC1CCC(C(=O)NCC(=O)c2ccc(OCC(=O)O)c(OCC(=O)O)c2)CC1. The third kappa shape index (κ3) is 8.67. The van der Waals surface area contributed by atoms with E-state index < -0.39 is 30.9 Å². The van der Waals surface area contributed by atoms with Crippen molar-refractivity contribution >= 4 is 29.6 Å². The van der Waals surface area contributed by atoms with Crippen molar-refractivity contribution in [3.05, 3.63) is 23.8 Å². The van der Waals surface area contributed by atoms with Gasteiger partial charge in [-0.05, 0) is 49.8 Å². The summed E-state index contributed by atoms with van der Waals surface area (Å²) in [4.78, 5) is 50.5. The average molecular weight is 464 g/mol. The van der Waals surface area contributed by atoms with Crippen molar-refractivity contribution in [1.29, 1.82) is 0 Å². The van der Waals surface area contributed by atoms with E-state index in [0.29, 0.717) is 25.3 Å². The Hall–Kier alpha value is -3.83. The number of hydrogen-bond donors (Lipinski definition) is 5. The molecule has 0 spiro atoms. The maximum Gasteiger partial charge on any atom is 0.341 e. The Labute approximate surface area is 189 Å². The van der Waals surface area contributed by atoms with Crippen LogP contribution in [0.1, 0.15) is 36.0 Å². The molecule has 0 saturated heterocycles. The van der Waals surface area contributed by atoms with Crippen molar-refractivity contribution in [2.24, 2.45) is 28.3 Å². The van der Waals surface area contributed by atoms with Gasteiger partial charge in [0.1, 0.15) is 0 Å². The van der Waals surface area contributed by atoms with Crippen molar-refractivity contribution in [2.75, 3.05) is 26.3 Å². The Balaban J connectivity index is 1.92. The number of nitrogens with zero attached hydrogens (tertiary/aromatic N) is 1. The number of ether oxygens (including phenoxy) is 2. The lowest BCUT2D eigenvalue weighted by Gasteiger charge is -2.26. The van der Waals surface area contributed by atoms with E-state index in [1.54, 1.807) is 0 Å². The van der Waals surface area contributed by atoms with E-state index in [1.165, 1.54) is 18.2 Å². The number of carbonyl (C=O) groups excluding carboxylic acids is 2. The smallest absolute Gasteiger partial charge is 0.341 e. The number of aliphatic carboxylic acids is 2. The molecule has 1 saturated carbocycles. The number of benzene rings is 1. The topological polar surface area (TPSA) is 204 Å². The summed E-state index contributed by atoms with van der Waals surface area (Å²) in [5.74, 6) is -3.05. The quantitative estimate of drug-likeness (QED) is 0.159. The maximum atomic E-state index is 12.5. The molecule has 1 aromatic rings. The highest BCUT2D eigenvalue weighted by Gasteiger charge is 2.26. The molecule has 2 rings (SSSR count). The Morgan fingerprint density at radius 2 is 1.58 bits per heavy atom. The van der Waals surface area contributed by atoms with E-state index in [0.717, 1.165) is 12.8 Å². The third-order valence-corrected chi connectivity index (χ3v) is 5.14. The number of hydrogen-bond acceptors (Lipinski definition) is 7. The van der Waals surface area contributed by atoms with Crippen LogP contribution in [0, 0.1) is 11.8 Å². The van der Waals surface area contributed by atoms with E-state index in [2.05, 4.69) is 10.3 Å². The Kier molecular flexibility index (Phi) is 9.45. The molecule has 1 aromatic carbocycles. The molecule has 0 bridgehead atoms. The summed E-state index contributed by atoms with van der Waals surface area (Å²) in [5.41, 5.74) is 10.8. The molecule has 1 fully saturated rings. The number of ketones is 1. The number of Topliss-reactive ketones (excluding diaryl/α,β-unsaturated/α-hetero) is 1. The van der Waals surface area contributed by atoms with Gasteiger partial charge in [0.25, 0.3) is 0 Å². The molecule has 7 N–H and O–H groups in total. The zero-order valence-corrected chi connectivity index (χ0v) is 18.0. The monoisotopic (exact) mass is 464 g/mol. The van der Waals surface area contributed by atoms with Crippen LogP contribution in [0.4, 0.5) is 0 Å². The molecule has 0 unspecified atom stereocenters. The molecule has 12 nitrogen and oxygen atoms in total. The minimum atomic E-state index is -1.25. The summed E-state index contributed by atoms with van der Waals surface area (Å²) in [6.07, 6.45) is 2.97.